The topological polar surface area (TPSA) is 78.9 Å². The Morgan fingerprint density at radius 1 is 0.345 bits per heavy atom. The molecule has 0 aliphatic carbocycles. The van der Waals surface area contributed by atoms with Gasteiger partial charge in [0.2, 0.25) is 0 Å². The highest BCUT2D eigenvalue weighted by atomic mass is 16.6. The Morgan fingerprint density at radius 2 is 0.600 bits per heavy atom. The molecule has 0 fully saturated rings. The second-order valence-electron chi connectivity index (χ2n) is 17.7. The first-order valence-electron chi connectivity index (χ1n) is 24.2. The van der Waals surface area contributed by atoms with Crippen molar-refractivity contribution in [1.29, 1.82) is 0 Å². The van der Waals surface area contributed by atoms with Gasteiger partial charge in [0.15, 0.2) is 6.10 Å². The largest absolute Gasteiger partial charge is 0.462 e. The van der Waals surface area contributed by atoms with Crippen LogP contribution in [0.5, 0.6) is 0 Å². The van der Waals surface area contributed by atoms with Crippen LogP contribution in [0.2, 0.25) is 0 Å². The first-order valence-corrected chi connectivity index (χ1v) is 24.2. The molecule has 0 saturated heterocycles. The molecule has 0 N–H and O–H groups in total. The molecule has 0 spiro atoms. The zero-order valence-corrected chi connectivity index (χ0v) is 37.6. The molecule has 326 valence electrons. The molecule has 0 radical (unpaired) electrons. The normalized spacial score (nSPS) is 12.1. The molecule has 0 aromatic heterocycles. The zero-order chi connectivity index (χ0) is 40.5. The van der Waals surface area contributed by atoms with Crippen LogP contribution < -0.4 is 0 Å². The summed E-state index contributed by atoms with van der Waals surface area (Å²) in [5.41, 5.74) is 0. The second-order valence-corrected chi connectivity index (χ2v) is 17.7. The summed E-state index contributed by atoms with van der Waals surface area (Å²) in [6.07, 6.45) is 40.9. The number of rotatable bonds is 43. The van der Waals surface area contributed by atoms with Gasteiger partial charge >= 0.3 is 17.9 Å². The van der Waals surface area contributed by atoms with Crippen molar-refractivity contribution < 1.29 is 28.6 Å². The fourth-order valence-electron chi connectivity index (χ4n) is 7.28. The first-order chi connectivity index (χ1) is 26.7. The molecular formula is C49H94O6. The summed E-state index contributed by atoms with van der Waals surface area (Å²) in [6.45, 7) is 11.3. The third-order valence-corrected chi connectivity index (χ3v) is 11.0. The molecule has 1 atom stereocenters. The molecule has 0 aliphatic heterocycles. The van der Waals surface area contributed by atoms with Gasteiger partial charge in [0.1, 0.15) is 13.2 Å². The van der Waals surface area contributed by atoms with Crippen molar-refractivity contribution in [1.82, 2.24) is 0 Å². The maximum atomic E-state index is 12.7. The predicted molar refractivity (Wildman–Crippen MR) is 233 cm³/mol. The van der Waals surface area contributed by atoms with Crippen molar-refractivity contribution in [2.75, 3.05) is 13.2 Å². The Morgan fingerprint density at radius 3 is 0.891 bits per heavy atom. The smallest absolute Gasteiger partial charge is 0.306 e. The van der Waals surface area contributed by atoms with Gasteiger partial charge in [0.05, 0.1) is 0 Å². The van der Waals surface area contributed by atoms with Crippen molar-refractivity contribution >= 4 is 17.9 Å². The third kappa shape index (κ3) is 43.4. The van der Waals surface area contributed by atoms with Crippen LogP contribution in [0.15, 0.2) is 0 Å². The van der Waals surface area contributed by atoms with Gasteiger partial charge in [-0.1, -0.05) is 227 Å². The van der Waals surface area contributed by atoms with Crippen LogP contribution in [-0.2, 0) is 28.6 Å². The molecule has 0 aromatic carbocycles. The van der Waals surface area contributed by atoms with E-state index in [1.165, 1.54) is 154 Å². The fourth-order valence-corrected chi connectivity index (χ4v) is 7.28. The molecule has 0 heterocycles. The van der Waals surface area contributed by atoms with Crippen LogP contribution in [0, 0.1) is 11.8 Å². The Labute approximate surface area is 342 Å². The van der Waals surface area contributed by atoms with Crippen molar-refractivity contribution in [3.63, 3.8) is 0 Å². The highest BCUT2D eigenvalue weighted by Gasteiger charge is 2.19. The number of esters is 3. The van der Waals surface area contributed by atoms with Gasteiger partial charge in [-0.25, -0.2) is 0 Å². The van der Waals surface area contributed by atoms with Crippen LogP contribution >= 0.6 is 0 Å². The van der Waals surface area contributed by atoms with Crippen LogP contribution in [0.3, 0.4) is 0 Å². The van der Waals surface area contributed by atoms with Gasteiger partial charge in [-0.05, 0) is 31.1 Å². The van der Waals surface area contributed by atoms with Crippen molar-refractivity contribution in [2.45, 2.75) is 272 Å². The minimum atomic E-state index is -0.761. The summed E-state index contributed by atoms with van der Waals surface area (Å²) in [4.78, 5) is 37.8. The first kappa shape index (κ1) is 53.4. The van der Waals surface area contributed by atoms with E-state index in [0.29, 0.717) is 19.3 Å². The van der Waals surface area contributed by atoms with Gasteiger partial charge in [0, 0.05) is 19.3 Å². The highest BCUT2D eigenvalue weighted by molar-refractivity contribution is 5.71. The van der Waals surface area contributed by atoms with Gasteiger partial charge in [-0.15, -0.1) is 0 Å². The molecule has 0 saturated carbocycles. The molecule has 55 heavy (non-hydrogen) atoms. The molecule has 6 heteroatoms. The van der Waals surface area contributed by atoms with E-state index in [2.05, 4.69) is 34.6 Å². The molecule has 0 rings (SSSR count). The van der Waals surface area contributed by atoms with E-state index in [4.69, 9.17) is 14.2 Å². The van der Waals surface area contributed by atoms with E-state index < -0.39 is 6.10 Å². The van der Waals surface area contributed by atoms with Crippen LogP contribution in [-0.4, -0.2) is 37.2 Å². The lowest BCUT2D eigenvalue weighted by Gasteiger charge is -2.18. The summed E-state index contributed by atoms with van der Waals surface area (Å²) in [7, 11) is 0. The third-order valence-electron chi connectivity index (χ3n) is 11.0. The Bertz CT molecular complexity index is 839. The quantitative estimate of drug-likeness (QED) is 0.0348. The Balaban J connectivity index is 4.33. The van der Waals surface area contributed by atoms with Crippen molar-refractivity contribution in [3.8, 4) is 0 Å². The van der Waals surface area contributed by atoms with Crippen LogP contribution in [0.1, 0.15) is 266 Å². The number of ether oxygens (including phenoxy) is 3. The number of carbonyl (C=O) groups is 3. The molecule has 0 amide bonds. The molecule has 0 unspecified atom stereocenters. The molecule has 0 aliphatic rings. The molecule has 0 bridgehead atoms. The van der Waals surface area contributed by atoms with E-state index in [9.17, 15) is 14.4 Å². The summed E-state index contributed by atoms with van der Waals surface area (Å²) >= 11 is 0. The van der Waals surface area contributed by atoms with Gasteiger partial charge in [0.25, 0.3) is 0 Å². The van der Waals surface area contributed by atoms with Gasteiger partial charge < -0.3 is 14.2 Å². The summed E-state index contributed by atoms with van der Waals surface area (Å²) in [6, 6.07) is 0. The zero-order valence-electron chi connectivity index (χ0n) is 37.6. The Hall–Kier alpha value is -1.59. The van der Waals surface area contributed by atoms with E-state index in [0.717, 1.165) is 69.6 Å². The number of carbonyl (C=O) groups excluding carboxylic acids is 3. The van der Waals surface area contributed by atoms with E-state index in [1.807, 2.05) is 0 Å². The molecular weight excluding hydrogens is 685 g/mol. The monoisotopic (exact) mass is 779 g/mol. The average molecular weight is 779 g/mol. The van der Waals surface area contributed by atoms with Gasteiger partial charge in [-0.2, -0.15) is 0 Å². The molecule has 6 nitrogen and oxygen atoms in total. The summed E-state index contributed by atoms with van der Waals surface area (Å²) in [5.74, 6) is 0.767. The van der Waals surface area contributed by atoms with Gasteiger partial charge in [-0.3, -0.25) is 14.4 Å². The minimum Gasteiger partial charge on any atom is -0.462 e. The van der Waals surface area contributed by atoms with E-state index in [1.54, 1.807) is 0 Å². The summed E-state index contributed by atoms with van der Waals surface area (Å²) < 4.78 is 16.8. The van der Waals surface area contributed by atoms with E-state index >= 15 is 0 Å². The second kappa shape index (κ2) is 42.0. The number of unbranched alkanes of at least 4 members (excludes halogenated alkanes) is 28. The van der Waals surface area contributed by atoms with Crippen LogP contribution in [0.4, 0.5) is 0 Å². The fraction of sp³-hybridized carbons (Fsp3) is 0.939. The average Bonchev–Trinajstić information content (AvgIpc) is 3.15. The lowest BCUT2D eigenvalue weighted by Crippen LogP contribution is -2.30. The minimum absolute atomic E-state index is 0.0645. The summed E-state index contributed by atoms with van der Waals surface area (Å²) in [5, 5.41) is 0. The SMILES string of the molecule is CCCCCCCCCCCCCCC(=O)OC[C@@H](COC(=O)CCCCCCCCCCC(C)C)OC(=O)CCCCCCCCCCCCCC(C)C. The highest BCUT2D eigenvalue weighted by Crippen LogP contribution is 2.17. The maximum absolute atomic E-state index is 12.7. The van der Waals surface area contributed by atoms with Crippen LogP contribution in [0.25, 0.3) is 0 Å². The lowest BCUT2D eigenvalue weighted by molar-refractivity contribution is -0.167. The predicted octanol–water partition coefficient (Wildman–Crippen LogP) is 15.4. The standard InChI is InChI=1S/C49H94O6/c1-6-7-8-9-10-11-12-15-18-24-29-34-39-47(50)53-42-46(43-54-48(51)40-35-30-25-21-20-23-28-33-38-45(4)5)55-49(52)41-36-31-26-19-16-13-14-17-22-27-32-37-44(2)3/h44-46H,6-43H2,1-5H3/t46-/m0/s1. The number of hydrogen-bond donors (Lipinski definition) is 0. The van der Waals surface area contributed by atoms with Crippen molar-refractivity contribution in [2.24, 2.45) is 11.8 Å². The van der Waals surface area contributed by atoms with Crippen molar-refractivity contribution in [3.05, 3.63) is 0 Å². The maximum Gasteiger partial charge on any atom is 0.306 e. The van der Waals surface area contributed by atoms with E-state index in [-0.39, 0.29) is 31.1 Å². The molecule has 0 aromatic rings. The number of hydrogen-bond acceptors (Lipinski definition) is 6. The Kier molecular flexibility index (Phi) is 40.8. The lowest BCUT2D eigenvalue weighted by atomic mass is 10.0.